The first kappa shape index (κ1) is 10.2. The molecule has 2 nitrogen and oxygen atoms in total. The molecule has 2 aliphatic heterocycles. The minimum atomic E-state index is 0.772. The van der Waals surface area contributed by atoms with E-state index in [1.807, 2.05) is 0 Å². The van der Waals surface area contributed by atoms with Gasteiger partial charge in [-0.3, -0.25) is 4.90 Å². The van der Waals surface area contributed by atoms with E-state index in [0.29, 0.717) is 0 Å². The number of rotatable bonds is 3. The maximum atomic E-state index is 4.09. The maximum Gasteiger partial charge on any atom is 0.0235 e. The van der Waals surface area contributed by atoms with Crippen LogP contribution in [-0.4, -0.2) is 37.1 Å². The third-order valence-corrected chi connectivity index (χ3v) is 3.62. The fourth-order valence-electron chi connectivity index (χ4n) is 2.69. The quantitative estimate of drug-likeness (QED) is 0.687. The van der Waals surface area contributed by atoms with Gasteiger partial charge in [0.05, 0.1) is 0 Å². The number of likely N-dealkylation sites (tertiary alicyclic amines) is 1. The fraction of sp³-hybridized carbons (Fsp3) is 0.833. The second-order valence-corrected chi connectivity index (χ2v) is 4.76. The van der Waals surface area contributed by atoms with Gasteiger partial charge in [0, 0.05) is 25.7 Å². The molecule has 1 N–H and O–H groups in total. The van der Waals surface area contributed by atoms with E-state index in [1.54, 1.807) is 0 Å². The Balaban J connectivity index is 1.83. The number of hydrogen-bond acceptors (Lipinski definition) is 2. The van der Waals surface area contributed by atoms with E-state index < -0.39 is 0 Å². The molecule has 2 heteroatoms. The second kappa shape index (κ2) is 4.45. The molecule has 0 saturated carbocycles. The van der Waals surface area contributed by atoms with Crippen molar-refractivity contribution in [1.82, 2.24) is 10.2 Å². The van der Waals surface area contributed by atoms with Gasteiger partial charge in [0.1, 0.15) is 0 Å². The molecular formula is C12H22N2. The Kier molecular flexibility index (Phi) is 3.24. The maximum absolute atomic E-state index is 4.09. The molecule has 2 aliphatic rings. The predicted octanol–water partition coefficient (Wildman–Crippen LogP) is 1.64. The summed E-state index contributed by atoms with van der Waals surface area (Å²) >= 11 is 0. The Labute approximate surface area is 87.4 Å². The van der Waals surface area contributed by atoms with E-state index in [2.05, 4.69) is 23.7 Å². The molecule has 0 aromatic heterocycles. The van der Waals surface area contributed by atoms with Crippen LogP contribution in [0.4, 0.5) is 0 Å². The molecule has 14 heavy (non-hydrogen) atoms. The molecule has 0 radical (unpaired) electrons. The van der Waals surface area contributed by atoms with Gasteiger partial charge in [0.25, 0.3) is 0 Å². The van der Waals surface area contributed by atoms with Crippen molar-refractivity contribution < 1.29 is 0 Å². The van der Waals surface area contributed by atoms with Gasteiger partial charge in [-0.05, 0) is 31.7 Å². The zero-order chi connectivity index (χ0) is 9.97. The van der Waals surface area contributed by atoms with Gasteiger partial charge < -0.3 is 5.32 Å². The van der Waals surface area contributed by atoms with Crippen LogP contribution in [0.15, 0.2) is 12.2 Å². The SMILES string of the molecule is C=C(CC)CN1C[C@@H]2CCCN[C@@H]2C1. The first-order valence-electron chi connectivity index (χ1n) is 5.92. The van der Waals surface area contributed by atoms with Crippen LogP contribution in [0.25, 0.3) is 0 Å². The highest BCUT2D eigenvalue weighted by molar-refractivity contribution is 5.00. The lowest BCUT2D eigenvalue weighted by Gasteiger charge is -2.24. The Hall–Kier alpha value is -0.340. The summed E-state index contributed by atoms with van der Waals surface area (Å²) in [5, 5.41) is 3.63. The smallest absolute Gasteiger partial charge is 0.0235 e. The molecular weight excluding hydrogens is 172 g/mol. The number of piperidine rings is 1. The highest BCUT2D eigenvalue weighted by atomic mass is 15.2. The summed E-state index contributed by atoms with van der Waals surface area (Å²) in [5.41, 5.74) is 1.38. The van der Waals surface area contributed by atoms with Crippen LogP contribution in [0.1, 0.15) is 26.2 Å². The Morgan fingerprint density at radius 2 is 2.36 bits per heavy atom. The van der Waals surface area contributed by atoms with Gasteiger partial charge >= 0.3 is 0 Å². The molecule has 2 fully saturated rings. The van der Waals surface area contributed by atoms with Crippen molar-refractivity contribution in [2.75, 3.05) is 26.2 Å². The third-order valence-electron chi connectivity index (χ3n) is 3.62. The molecule has 0 amide bonds. The van der Waals surface area contributed by atoms with Crippen molar-refractivity contribution in [2.45, 2.75) is 32.2 Å². The first-order chi connectivity index (χ1) is 6.79. The topological polar surface area (TPSA) is 15.3 Å². The lowest BCUT2D eigenvalue weighted by Crippen LogP contribution is -2.40. The standard InChI is InChI=1S/C12H22N2/c1-3-10(2)7-14-8-11-5-4-6-13-12(11)9-14/h11-13H,2-9H2,1H3/t11-,12+/m0/s1. The van der Waals surface area contributed by atoms with Crippen molar-refractivity contribution in [3.05, 3.63) is 12.2 Å². The fourth-order valence-corrected chi connectivity index (χ4v) is 2.69. The van der Waals surface area contributed by atoms with Crippen molar-refractivity contribution in [3.8, 4) is 0 Å². The average molecular weight is 194 g/mol. The van der Waals surface area contributed by atoms with Crippen LogP contribution in [0, 0.1) is 5.92 Å². The van der Waals surface area contributed by atoms with Crippen LogP contribution in [0.2, 0.25) is 0 Å². The van der Waals surface area contributed by atoms with Gasteiger partial charge in [0.15, 0.2) is 0 Å². The third kappa shape index (κ3) is 2.18. The van der Waals surface area contributed by atoms with E-state index in [4.69, 9.17) is 0 Å². The monoisotopic (exact) mass is 194 g/mol. The summed E-state index contributed by atoms with van der Waals surface area (Å²) in [6, 6.07) is 0.772. The van der Waals surface area contributed by atoms with Crippen LogP contribution in [-0.2, 0) is 0 Å². The predicted molar refractivity (Wildman–Crippen MR) is 60.4 cm³/mol. The molecule has 0 unspecified atom stereocenters. The van der Waals surface area contributed by atoms with Crippen LogP contribution in [0.5, 0.6) is 0 Å². The first-order valence-corrected chi connectivity index (χ1v) is 5.92. The van der Waals surface area contributed by atoms with Gasteiger partial charge in [-0.2, -0.15) is 0 Å². The second-order valence-electron chi connectivity index (χ2n) is 4.76. The van der Waals surface area contributed by atoms with E-state index in [1.165, 1.54) is 38.0 Å². The molecule has 0 aromatic rings. The number of nitrogens with one attached hydrogen (secondary N) is 1. The average Bonchev–Trinajstić information content (AvgIpc) is 2.59. The molecule has 2 saturated heterocycles. The zero-order valence-corrected chi connectivity index (χ0v) is 9.26. The molecule has 2 rings (SSSR count). The summed E-state index contributed by atoms with van der Waals surface area (Å²) in [6.07, 6.45) is 3.91. The van der Waals surface area contributed by atoms with Gasteiger partial charge in [-0.25, -0.2) is 0 Å². The summed E-state index contributed by atoms with van der Waals surface area (Å²) < 4.78 is 0. The highest BCUT2D eigenvalue weighted by Crippen LogP contribution is 2.25. The lowest BCUT2D eigenvalue weighted by molar-refractivity contribution is 0.333. The summed E-state index contributed by atoms with van der Waals surface area (Å²) in [6.45, 7) is 11.2. The number of fused-ring (bicyclic) bond motifs is 1. The van der Waals surface area contributed by atoms with E-state index in [9.17, 15) is 0 Å². The van der Waals surface area contributed by atoms with Crippen LogP contribution >= 0.6 is 0 Å². The van der Waals surface area contributed by atoms with E-state index in [-0.39, 0.29) is 0 Å². The molecule has 0 aliphatic carbocycles. The van der Waals surface area contributed by atoms with Gasteiger partial charge in [-0.15, -0.1) is 0 Å². The Morgan fingerprint density at radius 3 is 3.07 bits per heavy atom. The Bertz CT molecular complexity index is 198. The summed E-state index contributed by atoms with van der Waals surface area (Å²) in [4.78, 5) is 2.57. The van der Waals surface area contributed by atoms with Gasteiger partial charge in [0.2, 0.25) is 0 Å². The molecule has 0 bridgehead atoms. The van der Waals surface area contributed by atoms with Crippen molar-refractivity contribution >= 4 is 0 Å². The highest BCUT2D eigenvalue weighted by Gasteiger charge is 2.33. The lowest BCUT2D eigenvalue weighted by atomic mass is 9.94. The molecule has 0 spiro atoms. The van der Waals surface area contributed by atoms with Crippen LogP contribution in [0.3, 0.4) is 0 Å². The minimum absolute atomic E-state index is 0.772. The van der Waals surface area contributed by atoms with Crippen molar-refractivity contribution in [1.29, 1.82) is 0 Å². The molecule has 0 aromatic carbocycles. The van der Waals surface area contributed by atoms with Crippen molar-refractivity contribution in [3.63, 3.8) is 0 Å². The van der Waals surface area contributed by atoms with E-state index in [0.717, 1.165) is 24.9 Å². The summed E-state index contributed by atoms with van der Waals surface area (Å²) in [7, 11) is 0. The largest absolute Gasteiger partial charge is 0.312 e. The summed E-state index contributed by atoms with van der Waals surface area (Å²) in [5.74, 6) is 0.911. The normalized spacial score (nSPS) is 32.9. The van der Waals surface area contributed by atoms with Crippen molar-refractivity contribution in [2.24, 2.45) is 5.92 Å². The minimum Gasteiger partial charge on any atom is -0.312 e. The van der Waals surface area contributed by atoms with Gasteiger partial charge in [-0.1, -0.05) is 19.1 Å². The van der Waals surface area contributed by atoms with E-state index >= 15 is 0 Å². The number of nitrogens with zero attached hydrogens (tertiary/aromatic N) is 1. The molecule has 2 atom stereocenters. The van der Waals surface area contributed by atoms with Crippen LogP contribution < -0.4 is 5.32 Å². The Morgan fingerprint density at radius 1 is 1.50 bits per heavy atom. The number of hydrogen-bond donors (Lipinski definition) is 1. The zero-order valence-electron chi connectivity index (χ0n) is 9.26. The molecule has 2 heterocycles. The molecule has 80 valence electrons.